The van der Waals surface area contributed by atoms with Crippen molar-refractivity contribution >= 4 is 41.4 Å². The SMILES string of the molecule is CC[C@H](C)[C@@H]1NC(=O)[C@@H]2CCCN2C(=O)[C@H](Cc2ccccc2)NC(=O)[C@H](CC(C)C)NC(=O)[C@@H]2CCCN2C(=O)[C@H]([C@@H](C)CC)NC(=O)[C@H](CO)NC1=O. The highest BCUT2D eigenvalue weighted by Gasteiger charge is 2.43. The molecule has 1 aromatic rings. The van der Waals surface area contributed by atoms with Gasteiger partial charge in [0.1, 0.15) is 42.3 Å². The summed E-state index contributed by atoms with van der Waals surface area (Å²) in [6.07, 6.45) is 3.07. The second-order valence-corrected chi connectivity index (χ2v) is 15.8. The fraction of sp³-hybridized carbons (Fsp3) is 0.675. The molecule has 15 heteroatoms. The van der Waals surface area contributed by atoms with E-state index < -0.39 is 96.2 Å². The van der Waals surface area contributed by atoms with Crippen LogP contribution >= 0.6 is 0 Å². The molecule has 0 aliphatic carbocycles. The van der Waals surface area contributed by atoms with E-state index in [0.29, 0.717) is 38.5 Å². The lowest BCUT2D eigenvalue weighted by molar-refractivity contribution is -0.144. The minimum atomic E-state index is -1.45. The fourth-order valence-corrected chi connectivity index (χ4v) is 7.62. The van der Waals surface area contributed by atoms with Gasteiger partial charge < -0.3 is 41.5 Å². The van der Waals surface area contributed by atoms with Crippen molar-refractivity contribution in [1.29, 1.82) is 0 Å². The lowest BCUT2D eigenvalue weighted by Gasteiger charge is -2.33. The first-order valence-corrected chi connectivity index (χ1v) is 20.0. The molecule has 3 aliphatic rings. The van der Waals surface area contributed by atoms with Gasteiger partial charge in [0.15, 0.2) is 0 Å². The van der Waals surface area contributed by atoms with Crippen molar-refractivity contribution in [3.8, 4) is 0 Å². The van der Waals surface area contributed by atoms with Crippen LogP contribution in [0, 0.1) is 17.8 Å². The van der Waals surface area contributed by atoms with Gasteiger partial charge in [0.05, 0.1) is 6.61 Å². The van der Waals surface area contributed by atoms with Crippen molar-refractivity contribution in [2.24, 2.45) is 17.8 Å². The number of fused-ring (bicyclic) bond motifs is 2. The molecular weight excluding hydrogens is 706 g/mol. The van der Waals surface area contributed by atoms with Crippen molar-refractivity contribution < 1.29 is 38.7 Å². The number of amides is 7. The molecule has 3 aliphatic heterocycles. The average Bonchev–Trinajstić information content (AvgIpc) is 3.87. The Morgan fingerprint density at radius 2 is 1.11 bits per heavy atom. The number of carbonyl (C=O) groups is 7. The van der Waals surface area contributed by atoms with Crippen LogP contribution in [0.3, 0.4) is 0 Å². The summed E-state index contributed by atoms with van der Waals surface area (Å²) >= 11 is 0. The molecule has 0 bridgehead atoms. The highest BCUT2D eigenvalue weighted by atomic mass is 16.3. The highest BCUT2D eigenvalue weighted by molar-refractivity contribution is 5.99. The third-order valence-electron chi connectivity index (χ3n) is 11.3. The molecule has 55 heavy (non-hydrogen) atoms. The van der Waals surface area contributed by atoms with E-state index in [0.717, 1.165) is 5.56 Å². The van der Waals surface area contributed by atoms with Crippen molar-refractivity contribution in [2.75, 3.05) is 19.7 Å². The van der Waals surface area contributed by atoms with Gasteiger partial charge in [0.25, 0.3) is 0 Å². The molecule has 0 saturated carbocycles. The maximum atomic E-state index is 14.4. The quantitative estimate of drug-likeness (QED) is 0.211. The molecule has 3 saturated heterocycles. The Kier molecular flexibility index (Phi) is 15.6. The minimum Gasteiger partial charge on any atom is -0.394 e. The van der Waals surface area contributed by atoms with Gasteiger partial charge in [0.2, 0.25) is 41.4 Å². The number of nitrogens with one attached hydrogen (secondary N) is 5. The van der Waals surface area contributed by atoms with E-state index in [1.807, 2.05) is 58.0 Å². The van der Waals surface area contributed by atoms with Gasteiger partial charge in [-0.05, 0) is 55.4 Å². The Balaban J connectivity index is 1.78. The van der Waals surface area contributed by atoms with E-state index in [9.17, 15) is 38.7 Å². The zero-order valence-corrected chi connectivity index (χ0v) is 33.1. The number of rotatable bonds is 9. The van der Waals surface area contributed by atoms with Crippen molar-refractivity contribution in [3.63, 3.8) is 0 Å². The molecular formula is C40H61N7O8. The largest absolute Gasteiger partial charge is 0.394 e. The predicted molar refractivity (Wildman–Crippen MR) is 205 cm³/mol. The summed E-state index contributed by atoms with van der Waals surface area (Å²) in [6.45, 7) is 10.8. The summed E-state index contributed by atoms with van der Waals surface area (Å²) in [6, 6.07) is 1.57. The molecule has 0 spiro atoms. The van der Waals surface area contributed by atoms with Crippen LogP contribution in [0.2, 0.25) is 0 Å². The average molecular weight is 768 g/mol. The molecule has 304 valence electrons. The molecule has 0 unspecified atom stereocenters. The van der Waals surface area contributed by atoms with Crippen molar-refractivity contribution in [2.45, 2.75) is 135 Å². The summed E-state index contributed by atoms with van der Waals surface area (Å²) < 4.78 is 0. The monoisotopic (exact) mass is 767 g/mol. The number of carbonyl (C=O) groups excluding carboxylic acids is 7. The van der Waals surface area contributed by atoms with Crippen LogP contribution in [0.1, 0.15) is 92.1 Å². The number of nitrogens with zero attached hydrogens (tertiary/aromatic N) is 2. The van der Waals surface area contributed by atoms with E-state index >= 15 is 0 Å². The maximum absolute atomic E-state index is 14.4. The van der Waals surface area contributed by atoms with Gasteiger partial charge in [0, 0.05) is 19.5 Å². The van der Waals surface area contributed by atoms with Crippen LogP contribution < -0.4 is 26.6 Å². The first-order chi connectivity index (χ1) is 26.2. The Morgan fingerprint density at radius 3 is 1.67 bits per heavy atom. The minimum absolute atomic E-state index is 0.0268. The van der Waals surface area contributed by atoms with Gasteiger partial charge in [-0.3, -0.25) is 33.6 Å². The van der Waals surface area contributed by atoms with Gasteiger partial charge in [-0.25, -0.2) is 0 Å². The first-order valence-electron chi connectivity index (χ1n) is 20.0. The van der Waals surface area contributed by atoms with Crippen LogP contribution in [0.15, 0.2) is 30.3 Å². The molecule has 3 heterocycles. The zero-order chi connectivity index (χ0) is 40.4. The lowest BCUT2D eigenvalue weighted by Crippen LogP contribution is -2.61. The molecule has 9 atom stereocenters. The summed E-state index contributed by atoms with van der Waals surface area (Å²) in [5, 5.41) is 24.2. The summed E-state index contributed by atoms with van der Waals surface area (Å²) in [5.74, 6) is -4.89. The van der Waals surface area contributed by atoms with Gasteiger partial charge in [-0.1, -0.05) is 84.7 Å². The third kappa shape index (κ3) is 10.8. The third-order valence-corrected chi connectivity index (χ3v) is 11.3. The number of hydrogen-bond acceptors (Lipinski definition) is 8. The number of aliphatic hydroxyl groups is 1. The van der Waals surface area contributed by atoms with Crippen molar-refractivity contribution in [3.05, 3.63) is 35.9 Å². The van der Waals surface area contributed by atoms with Gasteiger partial charge in [-0.15, -0.1) is 0 Å². The molecule has 1 aromatic carbocycles. The molecule has 7 amide bonds. The Bertz CT molecular complexity index is 1540. The first kappa shape index (κ1) is 43.2. The molecule has 3 fully saturated rings. The molecule has 6 N–H and O–H groups in total. The predicted octanol–water partition coefficient (Wildman–Crippen LogP) is 0.779. The molecule has 15 nitrogen and oxygen atoms in total. The Labute approximate surface area is 324 Å². The van der Waals surface area contributed by atoms with E-state index in [4.69, 9.17) is 0 Å². The van der Waals surface area contributed by atoms with Crippen molar-refractivity contribution in [1.82, 2.24) is 36.4 Å². The lowest BCUT2D eigenvalue weighted by atomic mass is 9.96. The number of aliphatic hydroxyl groups excluding tert-OH is 1. The maximum Gasteiger partial charge on any atom is 0.246 e. The van der Waals surface area contributed by atoms with E-state index in [1.165, 1.54) is 9.80 Å². The van der Waals surface area contributed by atoms with E-state index in [-0.39, 0.29) is 37.8 Å². The summed E-state index contributed by atoms with van der Waals surface area (Å²) in [4.78, 5) is 101. The molecule has 0 radical (unpaired) electrons. The standard InChI is InChI=1S/C40H61N7O8/c1-7-24(5)32-38(53)43-29(22-48)35(50)45-33(25(6)8-2)40(55)47-19-13-16-30(47)36(51)41-27(20-23(3)4)34(49)42-28(21-26-14-10-9-11-15-26)39(54)46-18-12-17-31(46)37(52)44-32/h9-11,14-15,23-25,27-33,48H,7-8,12-13,16-22H2,1-6H3,(H,41,51)(H,42,49)(H,43,53)(H,44,52)(H,45,50)/t24-,25-,27-,28-,29-,30-,31-,32-,33-/m0/s1. The number of hydrogen-bond donors (Lipinski definition) is 6. The number of benzene rings is 1. The van der Waals surface area contributed by atoms with Gasteiger partial charge >= 0.3 is 0 Å². The topological polar surface area (TPSA) is 206 Å². The smallest absolute Gasteiger partial charge is 0.246 e. The summed E-state index contributed by atoms with van der Waals surface area (Å²) in [5.41, 5.74) is 0.780. The van der Waals surface area contributed by atoms with Crippen LogP contribution in [0.4, 0.5) is 0 Å². The van der Waals surface area contributed by atoms with Crippen LogP contribution in [0.5, 0.6) is 0 Å². The second-order valence-electron chi connectivity index (χ2n) is 15.8. The van der Waals surface area contributed by atoms with Crippen LogP contribution in [-0.2, 0) is 40.0 Å². The fourth-order valence-electron chi connectivity index (χ4n) is 7.62. The van der Waals surface area contributed by atoms with Crippen LogP contribution in [0.25, 0.3) is 0 Å². The Morgan fingerprint density at radius 1 is 0.618 bits per heavy atom. The zero-order valence-electron chi connectivity index (χ0n) is 33.1. The molecule has 0 aromatic heterocycles. The van der Waals surface area contributed by atoms with E-state index in [1.54, 1.807) is 13.8 Å². The second kappa shape index (κ2) is 19.9. The van der Waals surface area contributed by atoms with Crippen LogP contribution in [-0.4, -0.2) is 118 Å². The van der Waals surface area contributed by atoms with E-state index in [2.05, 4.69) is 26.6 Å². The summed E-state index contributed by atoms with van der Waals surface area (Å²) in [7, 11) is 0. The Hall–Kier alpha value is -4.53. The normalized spacial score (nSPS) is 28.9. The van der Waals surface area contributed by atoms with Gasteiger partial charge in [-0.2, -0.15) is 0 Å². The highest BCUT2D eigenvalue weighted by Crippen LogP contribution is 2.24. The molecule has 4 rings (SSSR count).